The van der Waals surface area contributed by atoms with E-state index >= 15 is 0 Å². The highest BCUT2D eigenvalue weighted by Gasteiger charge is 2.25. The third-order valence-corrected chi connectivity index (χ3v) is 1.16. The van der Waals surface area contributed by atoms with Gasteiger partial charge in [0, 0.05) is 13.8 Å². The van der Waals surface area contributed by atoms with Crippen LogP contribution in [0.15, 0.2) is 12.7 Å². The molecule has 0 amide bonds. The van der Waals surface area contributed by atoms with Gasteiger partial charge in [0.25, 0.3) is 5.54 Å². The molecular weight excluding hydrogens is 170 g/mol. The van der Waals surface area contributed by atoms with Crippen molar-refractivity contribution in [2.24, 2.45) is 0 Å². The van der Waals surface area contributed by atoms with Crippen molar-refractivity contribution in [3.8, 4) is 0 Å². The second kappa shape index (κ2) is 5.20. The molecule has 0 radical (unpaired) electrons. The van der Waals surface area contributed by atoms with E-state index in [9.17, 15) is 4.79 Å². The van der Waals surface area contributed by atoms with Crippen LogP contribution in [0, 0.1) is 6.57 Å². The summed E-state index contributed by atoms with van der Waals surface area (Å²) in [6, 6.07) is 0. The lowest BCUT2D eigenvalue weighted by Gasteiger charge is -2.10. The van der Waals surface area contributed by atoms with Crippen molar-refractivity contribution < 1.29 is 14.3 Å². The van der Waals surface area contributed by atoms with Gasteiger partial charge < -0.3 is 14.3 Å². The number of hydrogen-bond donors (Lipinski definition) is 0. The Bertz CT molecular complexity index is 228. The van der Waals surface area contributed by atoms with Gasteiger partial charge in [0.15, 0.2) is 6.61 Å². The van der Waals surface area contributed by atoms with Crippen LogP contribution in [0.2, 0.25) is 0 Å². The van der Waals surface area contributed by atoms with Crippen LogP contribution < -0.4 is 0 Å². The average Bonchev–Trinajstić information content (AvgIpc) is 2.11. The van der Waals surface area contributed by atoms with E-state index in [1.165, 1.54) is 6.08 Å². The molecule has 0 saturated carbocycles. The zero-order chi connectivity index (χ0) is 10.3. The van der Waals surface area contributed by atoms with E-state index < -0.39 is 11.7 Å². The Morgan fingerprint density at radius 2 is 2.23 bits per heavy atom. The lowest BCUT2D eigenvalue weighted by atomic mass is 10.1. The summed E-state index contributed by atoms with van der Waals surface area (Å²) < 4.78 is 9.23. The summed E-state index contributed by atoms with van der Waals surface area (Å²) >= 11 is 0. The standard InChI is InChI=1S/C9H13NO3/c1-5-6-12-8(11)13-7-9(2,3)10-4/h5H,1,6-7H2,2-3H3. The van der Waals surface area contributed by atoms with Crippen molar-refractivity contribution in [1.82, 2.24) is 0 Å². The number of carbonyl (C=O) groups is 1. The molecule has 0 aromatic rings. The zero-order valence-electron chi connectivity index (χ0n) is 7.87. The number of carbonyl (C=O) groups excluding carboxylic acids is 1. The summed E-state index contributed by atoms with van der Waals surface area (Å²) in [6.45, 7) is 13.7. The highest BCUT2D eigenvalue weighted by Crippen LogP contribution is 2.08. The molecule has 0 spiro atoms. The van der Waals surface area contributed by atoms with Crippen LogP contribution in [0.25, 0.3) is 4.85 Å². The average molecular weight is 183 g/mol. The van der Waals surface area contributed by atoms with E-state index in [-0.39, 0.29) is 13.2 Å². The molecule has 0 unspecified atom stereocenters. The molecule has 0 heterocycles. The molecule has 0 fully saturated rings. The van der Waals surface area contributed by atoms with Gasteiger partial charge in [0.2, 0.25) is 0 Å². The second-order valence-corrected chi connectivity index (χ2v) is 3.06. The van der Waals surface area contributed by atoms with E-state index in [2.05, 4.69) is 20.9 Å². The molecule has 0 saturated heterocycles. The van der Waals surface area contributed by atoms with E-state index in [1.807, 2.05) is 0 Å². The Kier molecular flexibility index (Phi) is 4.60. The van der Waals surface area contributed by atoms with Gasteiger partial charge in [0.05, 0.1) is 0 Å². The smallest absolute Gasteiger partial charge is 0.430 e. The SMILES string of the molecule is [C-]#[N+]C(C)(C)COC(=O)OCC=C. The van der Waals surface area contributed by atoms with Crippen LogP contribution in [0.5, 0.6) is 0 Å². The first-order valence-corrected chi connectivity index (χ1v) is 3.81. The Labute approximate surface area is 78.0 Å². The zero-order valence-corrected chi connectivity index (χ0v) is 7.87. The van der Waals surface area contributed by atoms with Gasteiger partial charge in [-0.05, 0) is 0 Å². The molecule has 0 aliphatic heterocycles. The minimum Gasteiger partial charge on any atom is -0.430 e. The van der Waals surface area contributed by atoms with E-state index in [0.717, 1.165) is 0 Å². The molecule has 0 bridgehead atoms. The third kappa shape index (κ3) is 5.74. The molecule has 0 N–H and O–H groups in total. The van der Waals surface area contributed by atoms with Crippen molar-refractivity contribution in [2.75, 3.05) is 13.2 Å². The van der Waals surface area contributed by atoms with Crippen molar-refractivity contribution in [3.05, 3.63) is 24.1 Å². The summed E-state index contributed by atoms with van der Waals surface area (Å²) in [4.78, 5) is 14.0. The summed E-state index contributed by atoms with van der Waals surface area (Å²) in [6.07, 6.45) is 0.679. The van der Waals surface area contributed by atoms with Crippen LogP contribution in [0.1, 0.15) is 13.8 Å². The van der Waals surface area contributed by atoms with E-state index in [1.54, 1.807) is 13.8 Å². The normalized spacial score (nSPS) is 9.92. The summed E-state index contributed by atoms with van der Waals surface area (Å²) in [5.74, 6) is 0. The molecule has 13 heavy (non-hydrogen) atoms. The maximum atomic E-state index is 10.8. The van der Waals surface area contributed by atoms with Crippen molar-refractivity contribution in [1.29, 1.82) is 0 Å². The lowest BCUT2D eigenvalue weighted by Crippen LogP contribution is -2.24. The van der Waals surface area contributed by atoms with Gasteiger partial charge in [-0.25, -0.2) is 11.4 Å². The first-order chi connectivity index (χ1) is 6.02. The van der Waals surface area contributed by atoms with Crippen molar-refractivity contribution in [3.63, 3.8) is 0 Å². The Morgan fingerprint density at radius 3 is 2.69 bits per heavy atom. The van der Waals surface area contributed by atoms with Gasteiger partial charge >= 0.3 is 6.16 Å². The number of nitrogens with zero attached hydrogens (tertiary/aromatic N) is 1. The molecule has 0 atom stereocenters. The van der Waals surface area contributed by atoms with Gasteiger partial charge in [-0.2, -0.15) is 0 Å². The van der Waals surface area contributed by atoms with Crippen LogP contribution in [-0.2, 0) is 9.47 Å². The third-order valence-electron chi connectivity index (χ3n) is 1.16. The molecule has 0 aromatic carbocycles. The van der Waals surface area contributed by atoms with E-state index in [0.29, 0.717) is 0 Å². The Hall–Kier alpha value is -1.50. The van der Waals surface area contributed by atoms with Gasteiger partial charge in [-0.3, -0.25) is 0 Å². The fraction of sp³-hybridized carbons (Fsp3) is 0.556. The monoisotopic (exact) mass is 183 g/mol. The maximum Gasteiger partial charge on any atom is 0.508 e. The maximum absolute atomic E-state index is 10.8. The molecule has 72 valence electrons. The van der Waals surface area contributed by atoms with Crippen molar-refractivity contribution in [2.45, 2.75) is 19.4 Å². The van der Waals surface area contributed by atoms with Gasteiger partial charge in [-0.1, -0.05) is 12.7 Å². The molecule has 4 heteroatoms. The second-order valence-electron chi connectivity index (χ2n) is 3.06. The van der Waals surface area contributed by atoms with E-state index in [4.69, 9.17) is 6.57 Å². The number of hydrogen-bond acceptors (Lipinski definition) is 3. The molecule has 0 aromatic heterocycles. The molecule has 0 aliphatic rings. The highest BCUT2D eigenvalue weighted by molar-refractivity contribution is 5.60. The fourth-order valence-electron chi connectivity index (χ4n) is 0.436. The lowest BCUT2D eigenvalue weighted by molar-refractivity contribution is 0.0546. The van der Waals surface area contributed by atoms with Crippen LogP contribution in [0.4, 0.5) is 4.79 Å². The van der Waals surface area contributed by atoms with Crippen LogP contribution in [0.3, 0.4) is 0 Å². The predicted molar refractivity (Wildman–Crippen MR) is 48.2 cm³/mol. The minimum absolute atomic E-state index is 0.0342. The van der Waals surface area contributed by atoms with Crippen LogP contribution >= 0.6 is 0 Å². The Balaban J connectivity index is 3.71. The quantitative estimate of drug-likeness (QED) is 0.380. The predicted octanol–water partition coefficient (Wildman–Crippen LogP) is 2.02. The summed E-state index contributed by atoms with van der Waals surface area (Å²) in [5, 5.41) is 0. The minimum atomic E-state index is -0.767. The number of ether oxygens (including phenoxy) is 2. The first kappa shape index (κ1) is 11.5. The molecule has 0 rings (SSSR count). The summed E-state index contributed by atoms with van der Waals surface area (Å²) in [5.41, 5.74) is -0.687. The fourth-order valence-corrected chi connectivity index (χ4v) is 0.436. The highest BCUT2D eigenvalue weighted by atomic mass is 16.7. The molecule has 4 nitrogen and oxygen atoms in total. The molecular formula is C9H13NO3. The van der Waals surface area contributed by atoms with Gasteiger partial charge in [0.1, 0.15) is 6.61 Å². The van der Waals surface area contributed by atoms with Crippen LogP contribution in [-0.4, -0.2) is 24.9 Å². The number of rotatable bonds is 4. The Morgan fingerprint density at radius 1 is 1.62 bits per heavy atom. The largest absolute Gasteiger partial charge is 0.508 e. The first-order valence-electron chi connectivity index (χ1n) is 3.81. The van der Waals surface area contributed by atoms with Gasteiger partial charge in [-0.15, -0.1) is 0 Å². The summed E-state index contributed by atoms with van der Waals surface area (Å²) in [7, 11) is 0. The topological polar surface area (TPSA) is 39.9 Å². The van der Waals surface area contributed by atoms with Crippen molar-refractivity contribution >= 4 is 6.16 Å². The molecule has 0 aliphatic carbocycles.